The molecule has 0 aromatic carbocycles. The van der Waals surface area contributed by atoms with E-state index in [1.165, 1.54) is 19.4 Å². The van der Waals surface area contributed by atoms with Crippen molar-refractivity contribution >= 4 is 0 Å². The van der Waals surface area contributed by atoms with Gasteiger partial charge >= 0.3 is 0 Å². The van der Waals surface area contributed by atoms with Crippen molar-refractivity contribution in [2.45, 2.75) is 59.5 Å². The summed E-state index contributed by atoms with van der Waals surface area (Å²) in [6.07, 6.45) is 2.53. The van der Waals surface area contributed by atoms with E-state index in [1.807, 2.05) is 0 Å². The Labute approximate surface area is 96.4 Å². The Bertz CT molecular complexity index is 143. The quantitative estimate of drug-likeness (QED) is 0.668. The summed E-state index contributed by atoms with van der Waals surface area (Å²) in [7, 11) is 2.25. The van der Waals surface area contributed by atoms with Gasteiger partial charge in [-0.3, -0.25) is 0 Å². The zero-order chi connectivity index (χ0) is 11.8. The van der Waals surface area contributed by atoms with E-state index >= 15 is 0 Å². The first kappa shape index (κ1) is 14.9. The first-order valence-corrected chi connectivity index (χ1v) is 6.41. The fourth-order valence-corrected chi connectivity index (χ4v) is 1.63. The molecular formula is C13H30N2. The minimum absolute atomic E-state index is 0.595. The standard InChI is InChI=1S/C13H30N2/c1-7-13(10-14-12(4)5)15(6)9-8-11(2)3/h11-14H,7-10H2,1-6H3. The maximum atomic E-state index is 3.52. The van der Waals surface area contributed by atoms with Gasteiger partial charge in [0.2, 0.25) is 0 Å². The van der Waals surface area contributed by atoms with Gasteiger partial charge in [0.25, 0.3) is 0 Å². The van der Waals surface area contributed by atoms with E-state index in [9.17, 15) is 0 Å². The van der Waals surface area contributed by atoms with E-state index in [0.717, 1.165) is 12.5 Å². The number of nitrogens with zero attached hydrogens (tertiary/aromatic N) is 1. The molecule has 1 N–H and O–H groups in total. The van der Waals surface area contributed by atoms with Crippen molar-refractivity contribution in [2.24, 2.45) is 5.92 Å². The van der Waals surface area contributed by atoms with Crippen LogP contribution < -0.4 is 5.32 Å². The summed E-state index contributed by atoms with van der Waals surface area (Å²) >= 11 is 0. The average molecular weight is 214 g/mol. The van der Waals surface area contributed by atoms with E-state index in [0.29, 0.717) is 12.1 Å². The largest absolute Gasteiger partial charge is 0.313 e. The highest BCUT2D eigenvalue weighted by atomic mass is 15.1. The molecule has 0 aromatic rings. The smallest absolute Gasteiger partial charge is 0.0215 e. The van der Waals surface area contributed by atoms with Crippen LogP contribution in [0.25, 0.3) is 0 Å². The van der Waals surface area contributed by atoms with Crippen LogP contribution in [0, 0.1) is 5.92 Å². The van der Waals surface area contributed by atoms with Crippen LogP contribution in [0.1, 0.15) is 47.5 Å². The summed E-state index contributed by atoms with van der Waals surface area (Å²) in [6.45, 7) is 13.6. The third kappa shape index (κ3) is 7.80. The first-order valence-electron chi connectivity index (χ1n) is 6.41. The van der Waals surface area contributed by atoms with Crippen molar-refractivity contribution in [3.63, 3.8) is 0 Å². The second kappa shape index (κ2) is 8.12. The molecule has 0 aliphatic rings. The Kier molecular flexibility index (Phi) is 8.07. The van der Waals surface area contributed by atoms with Crippen molar-refractivity contribution in [3.8, 4) is 0 Å². The third-order valence-corrected chi connectivity index (χ3v) is 2.92. The van der Waals surface area contributed by atoms with Gasteiger partial charge < -0.3 is 10.2 Å². The Balaban J connectivity index is 3.82. The van der Waals surface area contributed by atoms with Crippen LogP contribution in [-0.4, -0.2) is 37.1 Å². The summed E-state index contributed by atoms with van der Waals surface area (Å²) in [5.41, 5.74) is 0. The molecule has 0 aliphatic heterocycles. The molecule has 0 heterocycles. The zero-order valence-corrected chi connectivity index (χ0v) is 11.5. The molecule has 0 radical (unpaired) electrons. The lowest BCUT2D eigenvalue weighted by Crippen LogP contribution is -2.42. The summed E-state index contributed by atoms with van der Waals surface area (Å²) in [5, 5.41) is 3.52. The number of likely N-dealkylation sites (N-methyl/N-ethyl adjacent to an activating group) is 1. The highest BCUT2D eigenvalue weighted by Crippen LogP contribution is 2.06. The molecule has 2 heteroatoms. The monoisotopic (exact) mass is 214 g/mol. The maximum Gasteiger partial charge on any atom is 0.0215 e. The normalized spacial score (nSPS) is 14.2. The highest BCUT2D eigenvalue weighted by molar-refractivity contribution is 4.71. The summed E-state index contributed by atoms with van der Waals surface area (Å²) in [5.74, 6) is 0.808. The van der Waals surface area contributed by atoms with Crippen molar-refractivity contribution in [2.75, 3.05) is 20.1 Å². The lowest BCUT2D eigenvalue weighted by Gasteiger charge is -2.28. The van der Waals surface area contributed by atoms with E-state index in [4.69, 9.17) is 0 Å². The van der Waals surface area contributed by atoms with Crippen molar-refractivity contribution in [1.82, 2.24) is 10.2 Å². The molecule has 1 atom stereocenters. The molecule has 2 nitrogen and oxygen atoms in total. The minimum Gasteiger partial charge on any atom is -0.313 e. The number of rotatable bonds is 8. The fourth-order valence-electron chi connectivity index (χ4n) is 1.63. The fraction of sp³-hybridized carbons (Fsp3) is 1.00. The average Bonchev–Trinajstić information content (AvgIpc) is 2.15. The van der Waals surface area contributed by atoms with Gasteiger partial charge in [0.05, 0.1) is 0 Å². The molecule has 0 bridgehead atoms. The van der Waals surface area contributed by atoms with Crippen LogP contribution in [0.2, 0.25) is 0 Å². The topological polar surface area (TPSA) is 15.3 Å². The predicted octanol–water partition coefficient (Wildman–Crippen LogP) is 2.74. The van der Waals surface area contributed by atoms with E-state index in [1.54, 1.807) is 0 Å². The molecule has 0 aromatic heterocycles. The van der Waals surface area contributed by atoms with Gasteiger partial charge in [0, 0.05) is 18.6 Å². The van der Waals surface area contributed by atoms with Gasteiger partial charge in [0.1, 0.15) is 0 Å². The number of nitrogens with one attached hydrogen (secondary N) is 1. The molecule has 92 valence electrons. The molecule has 0 rings (SSSR count). The van der Waals surface area contributed by atoms with Crippen LogP contribution in [-0.2, 0) is 0 Å². The van der Waals surface area contributed by atoms with Crippen LogP contribution in [0.5, 0.6) is 0 Å². The first-order chi connectivity index (χ1) is 6.97. The summed E-state index contributed by atoms with van der Waals surface area (Å²) in [6, 6.07) is 1.28. The number of hydrogen-bond acceptors (Lipinski definition) is 2. The third-order valence-electron chi connectivity index (χ3n) is 2.92. The number of hydrogen-bond donors (Lipinski definition) is 1. The van der Waals surface area contributed by atoms with E-state index < -0.39 is 0 Å². The molecule has 0 aliphatic carbocycles. The van der Waals surface area contributed by atoms with Crippen LogP contribution in [0.3, 0.4) is 0 Å². The molecule has 15 heavy (non-hydrogen) atoms. The maximum absolute atomic E-state index is 3.52. The summed E-state index contributed by atoms with van der Waals surface area (Å²) in [4.78, 5) is 2.50. The molecule has 0 amide bonds. The second-order valence-corrected chi connectivity index (χ2v) is 5.29. The lowest BCUT2D eigenvalue weighted by molar-refractivity contribution is 0.215. The van der Waals surface area contributed by atoms with Gasteiger partial charge in [-0.05, 0) is 32.4 Å². The summed E-state index contributed by atoms with van der Waals surface area (Å²) < 4.78 is 0. The van der Waals surface area contributed by atoms with Gasteiger partial charge in [-0.1, -0.05) is 34.6 Å². The van der Waals surface area contributed by atoms with Gasteiger partial charge in [0.15, 0.2) is 0 Å². The Hall–Kier alpha value is -0.0800. The Morgan fingerprint density at radius 1 is 1.13 bits per heavy atom. The zero-order valence-electron chi connectivity index (χ0n) is 11.5. The van der Waals surface area contributed by atoms with Crippen LogP contribution in [0.15, 0.2) is 0 Å². The van der Waals surface area contributed by atoms with Crippen molar-refractivity contribution in [3.05, 3.63) is 0 Å². The van der Waals surface area contributed by atoms with Crippen molar-refractivity contribution < 1.29 is 0 Å². The van der Waals surface area contributed by atoms with Crippen LogP contribution >= 0.6 is 0 Å². The molecule has 0 saturated carbocycles. The lowest BCUT2D eigenvalue weighted by atomic mass is 10.1. The molecule has 0 fully saturated rings. The van der Waals surface area contributed by atoms with E-state index in [2.05, 4.69) is 51.9 Å². The van der Waals surface area contributed by atoms with Crippen LogP contribution in [0.4, 0.5) is 0 Å². The molecular weight excluding hydrogens is 184 g/mol. The Morgan fingerprint density at radius 2 is 1.73 bits per heavy atom. The molecule has 1 unspecified atom stereocenters. The highest BCUT2D eigenvalue weighted by Gasteiger charge is 2.12. The van der Waals surface area contributed by atoms with Gasteiger partial charge in [-0.25, -0.2) is 0 Å². The predicted molar refractivity (Wildman–Crippen MR) is 69.3 cm³/mol. The van der Waals surface area contributed by atoms with Gasteiger partial charge in [-0.2, -0.15) is 0 Å². The Morgan fingerprint density at radius 3 is 2.13 bits per heavy atom. The minimum atomic E-state index is 0.595. The van der Waals surface area contributed by atoms with Crippen molar-refractivity contribution in [1.29, 1.82) is 0 Å². The molecule has 0 saturated heterocycles. The SMILES string of the molecule is CCC(CNC(C)C)N(C)CCC(C)C. The molecule has 0 spiro atoms. The second-order valence-electron chi connectivity index (χ2n) is 5.29. The van der Waals surface area contributed by atoms with E-state index in [-0.39, 0.29) is 0 Å². The van der Waals surface area contributed by atoms with Gasteiger partial charge in [-0.15, -0.1) is 0 Å².